The molecular formula is C12H19NO. The Morgan fingerprint density at radius 1 is 1.36 bits per heavy atom. The Morgan fingerprint density at radius 2 is 2.07 bits per heavy atom. The van der Waals surface area contributed by atoms with E-state index in [1.54, 1.807) is 0 Å². The van der Waals surface area contributed by atoms with Crippen molar-refractivity contribution in [1.82, 2.24) is 4.90 Å². The van der Waals surface area contributed by atoms with Crippen LogP contribution in [0.1, 0.15) is 39.0 Å². The Hall–Kier alpha value is -0.370. The van der Waals surface area contributed by atoms with E-state index < -0.39 is 0 Å². The smallest absolute Gasteiger partial charge is 0.137 e. The van der Waals surface area contributed by atoms with Gasteiger partial charge in [0.15, 0.2) is 0 Å². The van der Waals surface area contributed by atoms with Gasteiger partial charge >= 0.3 is 0 Å². The molecule has 3 rings (SSSR count). The molecule has 0 unspecified atom stereocenters. The summed E-state index contributed by atoms with van der Waals surface area (Å²) in [6.45, 7) is 4.40. The molecule has 78 valence electrons. The summed E-state index contributed by atoms with van der Waals surface area (Å²) in [4.78, 5) is 13.3. The number of hydrogen-bond acceptors (Lipinski definition) is 2. The molecule has 0 aromatic heterocycles. The maximum Gasteiger partial charge on any atom is 0.137 e. The first-order valence-corrected chi connectivity index (χ1v) is 5.90. The topological polar surface area (TPSA) is 20.3 Å². The summed E-state index contributed by atoms with van der Waals surface area (Å²) in [5, 5.41) is 0. The summed E-state index contributed by atoms with van der Waals surface area (Å²) in [5.74, 6) is 0. The lowest BCUT2D eigenvalue weighted by Gasteiger charge is -2.46. The van der Waals surface area contributed by atoms with Crippen molar-refractivity contribution in [2.75, 3.05) is 13.1 Å². The molecule has 0 amide bonds. The Balaban J connectivity index is 1.70. The van der Waals surface area contributed by atoms with Gasteiger partial charge in [-0.05, 0) is 49.5 Å². The van der Waals surface area contributed by atoms with Crippen molar-refractivity contribution in [3.8, 4) is 0 Å². The zero-order chi connectivity index (χ0) is 9.81. The van der Waals surface area contributed by atoms with E-state index in [0.29, 0.717) is 5.41 Å². The van der Waals surface area contributed by atoms with Gasteiger partial charge in [0.25, 0.3) is 0 Å². The second-order valence-corrected chi connectivity index (χ2v) is 5.82. The van der Waals surface area contributed by atoms with E-state index in [2.05, 4.69) is 11.8 Å². The van der Waals surface area contributed by atoms with Gasteiger partial charge < -0.3 is 4.79 Å². The third-order valence-corrected chi connectivity index (χ3v) is 4.67. The van der Waals surface area contributed by atoms with Crippen LogP contribution in [0, 0.1) is 10.8 Å². The molecule has 2 spiro atoms. The molecule has 1 atom stereocenters. The fraction of sp³-hybridized carbons (Fsp3) is 0.917. The molecule has 2 saturated carbocycles. The van der Waals surface area contributed by atoms with Crippen LogP contribution in [0.5, 0.6) is 0 Å². The van der Waals surface area contributed by atoms with Crippen LogP contribution >= 0.6 is 0 Å². The third-order valence-electron chi connectivity index (χ3n) is 4.67. The predicted molar refractivity (Wildman–Crippen MR) is 55.1 cm³/mol. The number of likely N-dealkylation sites (N-methyl/N-ethyl adjacent to an activating group) is 1. The lowest BCUT2D eigenvalue weighted by molar-refractivity contribution is -0.111. The SMILES string of the molecule is CCN1CC2(C[C@H]1C=O)CC1(CC1)C2. The third kappa shape index (κ3) is 1.10. The van der Waals surface area contributed by atoms with Crippen molar-refractivity contribution in [2.45, 2.75) is 45.1 Å². The molecule has 0 N–H and O–H groups in total. The van der Waals surface area contributed by atoms with Gasteiger partial charge in [0.1, 0.15) is 6.29 Å². The highest BCUT2D eigenvalue weighted by Crippen LogP contribution is 2.71. The van der Waals surface area contributed by atoms with E-state index in [-0.39, 0.29) is 6.04 Å². The Kier molecular flexibility index (Phi) is 1.65. The molecule has 0 aromatic carbocycles. The number of rotatable bonds is 2. The molecule has 0 radical (unpaired) electrons. The second-order valence-electron chi connectivity index (χ2n) is 5.82. The number of nitrogens with zero attached hydrogens (tertiary/aromatic N) is 1. The van der Waals surface area contributed by atoms with Crippen LogP contribution in [0.3, 0.4) is 0 Å². The molecule has 1 saturated heterocycles. The van der Waals surface area contributed by atoms with E-state index in [1.165, 1.54) is 32.2 Å². The fourth-order valence-electron chi connectivity index (χ4n) is 3.99. The first kappa shape index (κ1) is 8.90. The minimum atomic E-state index is 0.232. The summed E-state index contributed by atoms with van der Waals surface area (Å²) in [6, 6.07) is 0.232. The largest absolute Gasteiger partial charge is 0.302 e. The monoisotopic (exact) mass is 193 g/mol. The maximum atomic E-state index is 10.9. The molecule has 2 aliphatic carbocycles. The number of hydrogen-bond donors (Lipinski definition) is 0. The van der Waals surface area contributed by atoms with E-state index in [9.17, 15) is 4.79 Å². The van der Waals surface area contributed by atoms with Crippen molar-refractivity contribution < 1.29 is 4.79 Å². The first-order chi connectivity index (χ1) is 6.71. The number of carbonyl (C=O) groups excluding carboxylic acids is 1. The van der Waals surface area contributed by atoms with Crippen LogP contribution in [0.2, 0.25) is 0 Å². The predicted octanol–water partition coefficient (Wildman–Crippen LogP) is 1.84. The Labute approximate surface area is 85.7 Å². The van der Waals surface area contributed by atoms with Gasteiger partial charge in [-0.2, -0.15) is 0 Å². The van der Waals surface area contributed by atoms with E-state index in [4.69, 9.17) is 0 Å². The van der Waals surface area contributed by atoms with Crippen LogP contribution < -0.4 is 0 Å². The zero-order valence-electron chi connectivity index (χ0n) is 8.96. The Morgan fingerprint density at radius 3 is 2.50 bits per heavy atom. The van der Waals surface area contributed by atoms with Crippen LogP contribution in [-0.2, 0) is 4.79 Å². The normalized spacial score (nSPS) is 37.4. The van der Waals surface area contributed by atoms with E-state index in [0.717, 1.165) is 24.7 Å². The fourth-order valence-corrected chi connectivity index (χ4v) is 3.99. The second kappa shape index (κ2) is 2.60. The van der Waals surface area contributed by atoms with Crippen LogP contribution in [-0.4, -0.2) is 30.3 Å². The summed E-state index contributed by atoms with van der Waals surface area (Å²) < 4.78 is 0. The van der Waals surface area contributed by atoms with Crippen molar-refractivity contribution in [3.63, 3.8) is 0 Å². The van der Waals surface area contributed by atoms with Crippen molar-refractivity contribution >= 4 is 6.29 Å². The van der Waals surface area contributed by atoms with Crippen LogP contribution in [0.25, 0.3) is 0 Å². The molecule has 1 heterocycles. The molecule has 0 bridgehead atoms. The minimum absolute atomic E-state index is 0.232. The summed E-state index contributed by atoms with van der Waals surface area (Å²) >= 11 is 0. The molecule has 1 aliphatic heterocycles. The van der Waals surface area contributed by atoms with Crippen molar-refractivity contribution in [1.29, 1.82) is 0 Å². The Bertz CT molecular complexity index is 261. The van der Waals surface area contributed by atoms with Gasteiger partial charge in [0, 0.05) is 6.54 Å². The lowest BCUT2D eigenvalue weighted by Crippen LogP contribution is -2.40. The van der Waals surface area contributed by atoms with Gasteiger partial charge in [-0.3, -0.25) is 4.90 Å². The van der Waals surface area contributed by atoms with Gasteiger partial charge in [0.2, 0.25) is 0 Å². The van der Waals surface area contributed by atoms with E-state index >= 15 is 0 Å². The molecule has 3 fully saturated rings. The molecule has 2 heteroatoms. The van der Waals surface area contributed by atoms with Crippen molar-refractivity contribution in [3.05, 3.63) is 0 Å². The summed E-state index contributed by atoms with van der Waals surface area (Å²) in [7, 11) is 0. The minimum Gasteiger partial charge on any atom is -0.302 e. The van der Waals surface area contributed by atoms with E-state index in [1.807, 2.05) is 0 Å². The first-order valence-electron chi connectivity index (χ1n) is 5.90. The highest BCUT2D eigenvalue weighted by Gasteiger charge is 2.63. The van der Waals surface area contributed by atoms with Gasteiger partial charge in [-0.15, -0.1) is 0 Å². The average Bonchev–Trinajstić information content (AvgIpc) is 2.79. The lowest BCUT2D eigenvalue weighted by atomic mass is 9.59. The van der Waals surface area contributed by atoms with Crippen LogP contribution in [0.4, 0.5) is 0 Å². The quantitative estimate of drug-likeness (QED) is 0.624. The highest BCUT2D eigenvalue weighted by atomic mass is 16.1. The summed E-state index contributed by atoms with van der Waals surface area (Å²) in [6.07, 6.45) is 8.07. The number of aldehydes is 1. The molecule has 2 nitrogen and oxygen atoms in total. The van der Waals surface area contributed by atoms with Gasteiger partial charge in [-0.25, -0.2) is 0 Å². The molecular weight excluding hydrogens is 174 g/mol. The highest BCUT2D eigenvalue weighted by molar-refractivity contribution is 5.58. The average molecular weight is 193 g/mol. The molecule has 14 heavy (non-hydrogen) atoms. The zero-order valence-corrected chi connectivity index (χ0v) is 8.96. The van der Waals surface area contributed by atoms with Gasteiger partial charge in [-0.1, -0.05) is 6.92 Å². The van der Waals surface area contributed by atoms with Crippen molar-refractivity contribution in [2.24, 2.45) is 10.8 Å². The number of carbonyl (C=O) groups is 1. The molecule has 0 aromatic rings. The molecule has 3 aliphatic rings. The van der Waals surface area contributed by atoms with Gasteiger partial charge in [0.05, 0.1) is 6.04 Å². The maximum absolute atomic E-state index is 10.9. The summed E-state index contributed by atoms with van der Waals surface area (Å²) in [5.41, 5.74) is 1.33. The standard InChI is InChI=1S/C12H19NO/c1-2-13-9-12(5-10(13)6-14)7-11(8-12)3-4-11/h6,10H,2-5,7-9H2,1H3/t10-/m0/s1. The number of likely N-dealkylation sites (tertiary alicyclic amines) is 1. The van der Waals surface area contributed by atoms with Crippen LogP contribution in [0.15, 0.2) is 0 Å².